The second-order valence-electron chi connectivity index (χ2n) is 3.79. The molecule has 0 aliphatic heterocycles. The smallest absolute Gasteiger partial charge is 0.151 e. The third-order valence-corrected chi connectivity index (χ3v) is 2.93. The fourth-order valence-corrected chi connectivity index (χ4v) is 1.82. The lowest BCUT2D eigenvalue weighted by Crippen LogP contribution is -2.00. The highest BCUT2D eigenvalue weighted by molar-refractivity contribution is 6.37. The monoisotopic (exact) mass is 285 g/mol. The Labute approximate surface area is 114 Å². The largest absolute Gasteiger partial charge is 0.382 e. The van der Waals surface area contributed by atoms with Crippen LogP contribution in [0, 0.1) is 12.7 Å². The number of halogens is 3. The van der Waals surface area contributed by atoms with E-state index < -0.39 is 0 Å². The van der Waals surface area contributed by atoms with Gasteiger partial charge in [0.25, 0.3) is 0 Å². The molecule has 0 amide bonds. The summed E-state index contributed by atoms with van der Waals surface area (Å²) in [6.07, 6.45) is 0. The lowest BCUT2D eigenvalue weighted by molar-refractivity contribution is 0.630. The van der Waals surface area contributed by atoms with E-state index in [1.807, 2.05) is 0 Å². The highest BCUT2D eigenvalue weighted by Gasteiger charge is 2.09. The molecule has 0 aliphatic carbocycles. The van der Waals surface area contributed by atoms with Crippen LogP contribution < -0.4 is 11.1 Å². The summed E-state index contributed by atoms with van der Waals surface area (Å²) in [6, 6.07) is 6.25. The Balaban J connectivity index is 2.37. The van der Waals surface area contributed by atoms with Crippen LogP contribution >= 0.6 is 23.2 Å². The van der Waals surface area contributed by atoms with E-state index in [9.17, 15) is 4.39 Å². The number of hydrogen-bond donors (Lipinski definition) is 2. The summed E-state index contributed by atoms with van der Waals surface area (Å²) in [4.78, 5) is 3.97. The second-order valence-corrected chi connectivity index (χ2v) is 4.61. The van der Waals surface area contributed by atoms with Crippen molar-refractivity contribution in [3.8, 4) is 0 Å². The van der Waals surface area contributed by atoms with Gasteiger partial charge >= 0.3 is 0 Å². The number of aromatic nitrogens is 1. The minimum absolute atomic E-state index is 0.135. The van der Waals surface area contributed by atoms with E-state index in [1.165, 1.54) is 12.1 Å². The molecule has 0 saturated carbocycles. The Morgan fingerprint density at radius 2 is 1.94 bits per heavy atom. The Morgan fingerprint density at radius 1 is 1.22 bits per heavy atom. The van der Waals surface area contributed by atoms with Crippen LogP contribution in [-0.2, 0) is 0 Å². The molecule has 3 nitrogen and oxygen atoms in total. The SMILES string of the molecule is Cc1ccc(Nc2nc(N)c(Cl)cc2Cl)c(F)c1. The molecule has 2 rings (SSSR count). The van der Waals surface area contributed by atoms with Crippen LogP contribution in [0.25, 0.3) is 0 Å². The van der Waals surface area contributed by atoms with Crippen LogP contribution in [0.4, 0.5) is 21.7 Å². The van der Waals surface area contributed by atoms with Gasteiger partial charge in [0.05, 0.1) is 15.7 Å². The van der Waals surface area contributed by atoms with Gasteiger partial charge in [-0.2, -0.15) is 0 Å². The van der Waals surface area contributed by atoms with Crippen LogP contribution in [0.1, 0.15) is 5.56 Å². The highest BCUT2D eigenvalue weighted by atomic mass is 35.5. The summed E-state index contributed by atoms with van der Waals surface area (Å²) in [5.74, 6) is 0.0128. The summed E-state index contributed by atoms with van der Waals surface area (Å²) in [7, 11) is 0. The number of nitrogens with zero attached hydrogens (tertiary/aromatic N) is 1. The number of nitrogens with one attached hydrogen (secondary N) is 1. The predicted octanol–water partition coefficient (Wildman–Crippen LogP) is 4.16. The van der Waals surface area contributed by atoms with Crippen LogP contribution in [0.15, 0.2) is 24.3 Å². The number of rotatable bonds is 2. The zero-order chi connectivity index (χ0) is 13.3. The summed E-state index contributed by atoms with van der Waals surface area (Å²) < 4.78 is 13.7. The third kappa shape index (κ3) is 2.66. The molecule has 94 valence electrons. The van der Waals surface area contributed by atoms with Crippen LogP contribution in [0.5, 0.6) is 0 Å². The number of nitrogen functional groups attached to an aromatic ring is 1. The van der Waals surface area contributed by atoms with E-state index in [0.29, 0.717) is 0 Å². The molecule has 2 aromatic rings. The van der Waals surface area contributed by atoms with Crippen molar-refractivity contribution in [2.45, 2.75) is 6.92 Å². The predicted molar refractivity (Wildman–Crippen MR) is 73.1 cm³/mol. The molecule has 0 spiro atoms. The molecule has 1 aromatic heterocycles. The number of anilines is 3. The standard InChI is InChI=1S/C12H10Cl2FN3/c1-6-2-3-10(9(15)4-6)17-12-8(14)5-7(13)11(16)18-12/h2-5H,1H3,(H3,16,17,18). The first-order valence-electron chi connectivity index (χ1n) is 5.12. The van der Waals surface area contributed by atoms with Gasteiger partial charge in [0.2, 0.25) is 0 Å². The number of pyridine rings is 1. The molecule has 1 aromatic carbocycles. The van der Waals surface area contributed by atoms with E-state index in [0.717, 1.165) is 5.56 Å². The normalized spacial score (nSPS) is 10.4. The lowest BCUT2D eigenvalue weighted by Gasteiger charge is -2.10. The van der Waals surface area contributed by atoms with Gasteiger partial charge in [-0.1, -0.05) is 29.3 Å². The van der Waals surface area contributed by atoms with Crippen molar-refractivity contribution in [3.63, 3.8) is 0 Å². The highest BCUT2D eigenvalue weighted by Crippen LogP contribution is 2.30. The summed E-state index contributed by atoms with van der Waals surface area (Å²) in [5, 5.41) is 3.31. The minimum atomic E-state index is -0.388. The van der Waals surface area contributed by atoms with Crippen molar-refractivity contribution >= 4 is 40.5 Å². The quantitative estimate of drug-likeness (QED) is 0.871. The van der Waals surface area contributed by atoms with Gasteiger partial charge in [0.1, 0.15) is 11.6 Å². The van der Waals surface area contributed by atoms with E-state index in [2.05, 4.69) is 10.3 Å². The van der Waals surface area contributed by atoms with Gasteiger partial charge in [-0.25, -0.2) is 9.37 Å². The molecule has 0 aliphatic rings. The van der Waals surface area contributed by atoms with Gasteiger partial charge in [0.15, 0.2) is 5.82 Å². The fraction of sp³-hybridized carbons (Fsp3) is 0.0833. The van der Waals surface area contributed by atoms with E-state index in [1.54, 1.807) is 19.1 Å². The van der Waals surface area contributed by atoms with Gasteiger partial charge < -0.3 is 11.1 Å². The first-order chi connectivity index (χ1) is 8.47. The van der Waals surface area contributed by atoms with E-state index in [4.69, 9.17) is 28.9 Å². The molecular formula is C12H10Cl2FN3. The fourth-order valence-electron chi connectivity index (χ4n) is 1.42. The first kappa shape index (κ1) is 12.9. The molecule has 0 bridgehead atoms. The van der Waals surface area contributed by atoms with E-state index >= 15 is 0 Å². The maximum absolute atomic E-state index is 13.7. The van der Waals surface area contributed by atoms with Crippen molar-refractivity contribution in [2.24, 2.45) is 0 Å². The van der Waals surface area contributed by atoms with Crippen molar-refractivity contribution in [2.75, 3.05) is 11.1 Å². The molecule has 0 unspecified atom stereocenters. The molecule has 0 atom stereocenters. The van der Waals surface area contributed by atoms with Crippen LogP contribution in [-0.4, -0.2) is 4.98 Å². The third-order valence-electron chi connectivity index (χ3n) is 2.33. The van der Waals surface area contributed by atoms with Gasteiger partial charge in [0, 0.05) is 0 Å². The van der Waals surface area contributed by atoms with Gasteiger partial charge in [-0.3, -0.25) is 0 Å². The Morgan fingerprint density at radius 3 is 2.61 bits per heavy atom. The minimum Gasteiger partial charge on any atom is -0.382 e. The zero-order valence-electron chi connectivity index (χ0n) is 9.47. The van der Waals surface area contributed by atoms with Crippen molar-refractivity contribution in [1.29, 1.82) is 0 Å². The number of hydrogen-bond acceptors (Lipinski definition) is 3. The Kier molecular flexibility index (Phi) is 3.59. The molecule has 18 heavy (non-hydrogen) atoms. The van der Waals surface area contributed by atoms with Crippen molar-refractivity contribution in [3.05, 3.63) is 45.7 Å². The molecule has 3 N–H and O–H groups in total. The molecule has 1 heterocycles. The number of nitrogens with two attached hydrogens (primary N) is 1. The Hall–Kier alpha value is -1.52. The lowest BCUT2D eigenvalue weighted by atomic mass is 10.2. The van der Waals surface area contributed by atoms with Crippen LogP contribution in [0.3, 0.4) is 0 Å². The maximum atomic E-state index is 13.7. The molecule has 0 saturated heterocycles. The molecule has 0 fully saturated rings. The number of aryl methyl sites for hydroxylation is 1. The number of benzene rings is 1. The topological polar surface area (TPSA) is 50.9 Å². The van der Waals surface area contributed by atoms with Gasteiger partial charge in [-0.15, -0.1) is 0 Å². The maximum Gasteiger partial charge on any atom is 0.151 e. The van der Waals surface area contributed by atoms with Crippen LogP contribution in [0.2, 0.25) is 10.0 Å². The van der Waals surface area contributed by atoms with Crippen molar-refractivity contribution in [1.82, 2.24) is 4.98 Å². The average molecular weight is 286 g/mol. The summed E-state index contributed by atoms with van der Waals surface area (Å²) >= 11 is 11.7. The van der Waals surface area contributed by atoms with Crippen molar-refractivity contribution < 1.29 is 4.39 Å². The molecular weight excluding hydrogens is 276 g/mol. The summed E-state index contributed by atoms with van der Waals surface area (Å²) in [5.41, 5.74) is 6.67. The second kappa shape index (κ2) is 5.00. The Bertz CT molecular complexity index is 602. The first-order valence-corrected chi connectivity index (χ1v) is 5.87. The van der Waals surface area contributed by atoms with E-state index in [-0.39, 0.29) is 33.2 Å². The zero-order valence-corrected chi connectivity index (χ0v) is 11.0. The van der Waals surface area contributed by atoms with Gasteiger partial charge in [-0.05, 0) is 30.7 Å². The molecule has 6 heteroatoms. The summed E-state index contributed by atoms with van der Waals surface area (Å²) in [6.45, 7) is 1.80. The average Bonchev–Trinajstić information content (AvgIpc) is 2.29. The molecule has 0 radical (unpaired) electrons.